The van der Waals surface area contributed by atoms with Crippen molar-refractivity contribution >= 4 is 46.6 Å². The van der Waals surface area contributed by atoms with E-state index in [1.54, 1.807) is 48.6 Å². The van der Waals surface area contributed by atoms with Crippen molar-refractivity contribution in [2.24, 2.45) is 53.4 Å². The summed E-state index contributed by atoms with van der Waals surface area (Å²) in [4.78, 5) is 72.4. The lowest BCUT2D eigenvalue weighted by Gasteiger charge is -2.47. The van der Waals surface area contributed by atoms with Crippen LogP contribution in [0.25, 0.3) is 0 Å². The van der Waals surface area contributed by atoms with Crippen LogP contribution in [0.5, 0.6) is 0 Å². The van der Waals surface area contributed by atoms with Crippen molar-refractivity contribution in [3.05, 3.63) is 72.6 Å². The Morgan fingerprint density at radius 3 is 1.82 bits per heavy atom. The smallest absolute Gasteiger partial charge is 0.270 e. The molecule has 5 unspecified atom stereocenters. The van der Waals surface area contributed by atoms with E-state index < -0.39 is 12.1 Å². The summed E-state index contributed by atoms with van der Waals surface area (Å²) in [6.45, 7) is 15.5. The number of carbonyl (C=O) groups excluding carboxylic acids is 4. The van der Waals surface area contributed by atoms with Gasteiger partial charge in [-0.05, 0) is 128 Å². The van der Waals surface area contributed by atoms with Gasteiger partial charge in [-0.2, -0.15) is 10.2 Å². The zero-order valence-corrected chi connectivity index (χ0v) is 43.6. The van der Waals surface area contributed by atoms with E-state index in [0.29, 0.717) is 67.6 Å². The maximum atomic E-state index is 14.8. The van der Waals surface area contributed by atoms with Crippen LogP contribution in [0.15, 0.2) is 61.2 Å². The number of rotatable bonds is 20. The van der Waals surface area contributed by atoms with Gasteiger partial charge in [0.05, 0.1) is 62.3 Å². The first-order chi connectivity index (χ1) is 35.2. The van der Waals surface area contributed by atoms with Crippen LogP contribution in [0.3, 0.4) is 0 Å². The molecular weight excluding hydrogens is 925 g/mol. The Bertz CT molecular complexity index is 2590. The molecule has 18 nitrogen and oxygen atoms in total. The van der Waals surface area contributed by atoms with Crippen LogP contribution in [0.2, 0.25) is 0 Å². The Morgan fingerprint density at radius 1 is 0.712 bits per heavy atom. The van der Waals surface area contributed by atoms with Gasteiger partial charge in [0.2, 0.25) is 11.8 Å². The molecule has 0 aromatic carbocycles. The number of aryl methyl sites for hydroxylation is 1. The van der Waals surface area contributed by atoms with E-state index in [2.05, 4.69) is 70.8 Å². The van der Waals surface area contributed by atoms with E-state index in [-0.39, 0.29) is 70.2 Å². The Kier molecular flexibility index (Phi) is 14.7. The third kappa shape index (κ3) is 10.7. The second-order valence-corrected chi connectivity index (χ2v) is 22.9. The van der Waals surface area contributed by atoms with Gasteiger partial charge in [-0.25, -0.2) is 9.97 Å². The molecule has 8 atom stereocenters. The number of amides is 4. The number of hydrogen-bond acceptors (Lipinski definition) is 12. The fraction of sp³-hybridized carbons (Fsp3) is 0.636. The van der Waals surface area contributed by atoms with Gasteiger partial charge in [0.1, 0.15) is 35.1 Å². The highest BCUT2D eigenvalue weighted by atomic mass is 16.5. The maximum absolute atomic E-state index is 14.8. The van der Waals surface area contributed by atoms with E-state index in [1.165, 1.54) is 4.68 Å². The van der Waals surface area contributed by atoms with Crippen molar-refractivity contribution in [2.45, 2.75) is 130 Å². The summed E-state index contributed by atoms with van der Waals surface area (Å²) in [6, 6.07) is 9.87. The highest BCUT2D eigenvalue weighted by molar-refractivity contribution is 6.02. The lowest BCUT2D eigenvalue weighted by molar-refractivity contribution is -0.122. The molecule has 4 saturated carbocycles. The molecule has 2 saturated heterocycles. The number of nitrogens with one attached hydrogen (secondary N) is 4. The van der Waals surface area contributed by atoms with Crippen LogP contribution >= 0.6 is 0 Å². The predicted octanol–water partition coefficient (Wildman–Crippen LogP) is 6.72. The molecule has 6 aliphatic rings. The number of hydrogen-bond donors (Lipinski definition) is 4. The quantitative estimate of drug-likeness (QED) is 0.0730. The van der Waals surface area contributed by atoms with Crippen LogP contribution in [0, 0.1) is 46.3 Å². The van der Waals surface area contributed by atoms with Crippen molar-refractivity contribution in [3.8, 4) is 0 Å². The number of pyridine rings is 2. The lowest BCUT2D eigenvalue weighted by atomic mass is 9.60. The molecule has 4 N–H and O–H groups in total. The topological polar surface area (TPSA) is 203 Å². The van der Waals surface area contributed by atoms with Crippen LogP contribution in [-0.4, -0.2) is 117 Å². The number of nitrogens with zero attached hydrogens (tertiary/aromatic N) is 8. The van der Waals surface area contributed by atoms with Crippen molar-refractivity contribution in [1.29, 1.82) is 0 Å². The van der Waals surface area contributed by atoms with Crippen molar-refractivity contribution < 1.29 is 28.7 Å². The molecule has 0 bridgehead atoms. The van der Waals surface area contributed by atoms with Crippen LogP contribution in [-0.2, 0) is 32.7 Å². The maximum Gasteiger partial charge on any atom is 0.270 e. The molecule has 0 spiro atoms. The number of carbonyl (C=O) groups is 4. The number of aromatic nitrogens is 6. The zero-order chi connectivity index (χ0) is 51.0. The normalized spacial score (nSPS) is 24.8. The number of morpholine rings is 2. The molecule has 4 amide bonds. The average molecular weight is 1000 g/mol. The molecule has 392 valence electrons. The van der Waals surface area contributed by atoms with E-state index in [9.17, 15) is 19.2 Å². The summed E-state index contributed by atoms with van der Waals surface area (Å²) in [5.74, 6) is 1.01. The summed E-state index contributed by atoms with van der Waals surface area (Å²) >= 11 is 0. The second kappa shape index (κ2) is 21.2. The van der Waals surface area contributed by atoms with Gasteiger partial charge in [0.25, 0.3) is 11.8 Å². The highest BCUT2D eigenvalue weighted by Gasteiger charge is 2.57. The standard InChI is InChI=1S/C55H76N12O6/c1-7-39-32-72-27-25-65(39)44-15-12-37(29-56-44)61-53(71)49(63-50(68)41-17-23-58-64(41)6)47(55(5)21-22-55)40-14-11-36(40)31-67-42(18-24-59-67)51(69)62-48(46(35-9-8-10-35)54(4)19-20-54)52(70)60-38-13-16-45(57-30-38)66-26-28-73-33-43(66)34(2)3/h12-13,15-18,23-24,29-30,34-36,39-40,43,46-49H,7-11,14,19-22,25-28,31-33H2,1-6H3,(H,60,70)(H,61,71)(H,62,69)(H,63,68)/t36?,39-,40?,43?,46?,47?,48+,49+/m1/s1. The summed E-state index contributed by atoms with van der Waals surface area (Å²) in [7, 11) is 1.72. The molecule has 0 radical (unpaired) electrons. The molecule has 2 aliphatic heterocycles. The van der Waals surface area contributed by atoms with Gasteiger partial charge < -0.3 is 40.5 Å². The van der Waals surface area contributed by atoms with Gasteiger partial charge in [0, 0.05) is 39.1 Å². The van der Waals surface area contributed by atoms with Gasteiger partial charge >= 0.3 is 0 Å². The Morgan fingerprint density at radius 2 is 1.29 bits per heavy atom. The fourth-order valence-corrected chi connectivity index (χ4v) is 12.6. The van der Waals surface area contributed by atoms with Crippen LogP contribution in [0.1, 0.15) is 120 Å². The number of anilines is 4. The minimum atomic E-state index is -0.874. The van der Waals surface area contributed by atoms with Gasteiger partial charge in [-0.1, -0.05) is 53.9 Å². The minimum Gasteiger partial charge on any atom is -0.377 e. The minimum absolute atomic E-state index is 0.0263. The molecule has 10 rings (SSSR count). The Balaban J connectivity index is 0.867. The molecule has 4 aromatic rings. The first-order valence-electron chi connectivity index (χ1n) is 27.1. The Labute approximate surface area is 429 Å². The highest BCUT2D eigenvalue weighted by Crippen LogP contribution is 2.61. The summed E-state index contributed by atoms with van der Waals surface area (Å²) in [5, 5.41) is 21.7. The van der Waals surface area contributed by atoms with Gasteiger partial charge in [-0.3, -0.25) is 28.5 Å². The van der Waals surface area contributed by atoms with Crippen molar-refractivity contribution in [3.63, 3.8) is 0 Å². The summed E-state index contributed by atoms with van der Waals surface area (Å²) < 4.78 is 14.8. The van der Waals surface area contributed by atoms with E-state index >= 15 is 0 Å². The van der Waals surface area contributed by atoms with E-state index in [1.807, 2.05) is 24.3 Å². The summed E-state index contributed by atoms with van der Waals surface area (Å²) in [5.41, 5.74) is 1.63. The molecule has 4 aromatic heterocycles. The molecule has 6 heterocycles. The van der Waals surface area contributed by atoms with Crippen molar-refractivity contribution in [1.82, 2.24) is 40.2 Å². The monoisotopic (exact) mass is 1000 g/mol. The number of ether oxygens (including phenoxy) is 2. The van der Waals surface area contributed by atoms with Crippen LogP contribution < -0.4 is 31.1 Å². The predicted molar refractivity (Wildman–Crippen MR) is 278 cm³/mol. The lowest BCUT2D eigenvalue weighted by Crippen LogP contribution is -2.56. The third-order valence-corrected chi connectivity index (χ3v) is 17.8. The second-order valence-electron chi connectivity index (χ2n) is 22.9. The molecule has 6 fully saturated rings. The van der Waals surface area contributed by atoms with Crippen LogP contribution in [0.4, 0.5) is 23.0 Å². The van der Waals surface area contributed by atoms with Gasteiger partial charge in [0.15, 0.2) is 0 Å². The van der Waals surface area contributed by atoms with E-state index in [4.69, 9.17) is 24.5 Å². The third-order valence-electron chi connectivity index (χ3n) is 17.8. The first kappa shape index (κ1) is 50.6. The average Bonchev–Trinajstić information content (AvgIpc) is 4.18. The molecule has 18 heteroatoms. The molecule has 4 aliphatic carbocycles. The SMILES string of the molecule is CC[C@@H]1COCCN1c1ccc(NC(=O)[C@@H](NC(=O)c2ccnn2C)C(C2CCC2Cn2nccc2C(=O)N[C@H](C(=O)Nc2ccc(N3CCOCC3C(C)C)nc2)C(C2CCC2)C2(C)CC2)C2(C)CC2)cn1. The summed E-state index contributed by atoms with van der Waals surface area (Å²) in [6.07, 6.45) is 16.4. The first-order valence-corrected chi connectivity index (χ1v) is 27.1. The Hall–Kier alpha value is -5.88. The largest absolute Gasteiger partial charge is 0.377 e. The molecular formula is C55H76N12O6. The zero-order valence-electron chi connectivity index (χ0n) is 43.6. The molecule has 73 heavy (non-hydrogen) atoms. The fourth-order valence-electron chi connectivity index (χ4n) is 12.6. The van der Waals surface area contributed by atoms with Crippen molar-refractivity contribution in [2.75, 3.05) is 60.0 Å². The van der Waals surface area contributed by atoms with E-state index in [0.717, 1.165) is 88.9 Å². The van der Waals surface area contributed by atoms with Gasteiger partial charge in [-0.15, -0.1) is 0 Å².